The van der Waals surface area contributed by atoms with E-state index in [4.69, 9.17) is 0 Å². The van der Waals surface area contributed by atoms with E-state index in [1.807, 2.05) is 0 Å². The molecule has 4 atom stereocenters. The predicted octanol–water partition coefficient (Wildman–Crippen LogP) is 1.43. The lowest BCUT2D eigenvalue weighted by atomic mass is 9.74. The smallest absolute Gasteiger partial charge is 0.342 e. The number of fused-ring (bicyclic) bond motifs is 1. The minimum Gasteiger partial charge on any atom is -0.342 e. The van der Waals surface area contributed by atoms with Crippen molar-refractivity contribution >= 4 is 15.9 Å². The highest BCUT2D eigenvalue weighted by Crippen LogP contribution is 2.43. The van der Waals surface area contributed by atoms with Gasteiger partial charge in [-0.3, -0.25) is 4.79 Å². The molecule has 1 amide bonds. The molecule has 4 fully saturated rings. The molecule has 0 bridgehead atoms. The molecule has 0 saturated carbocycles. The van der Waals surface area contributed by atoms with Crippen molar-refractivity contribution in [3.8, 4) is 0 Å². The van der Waals surface area contributed by atoms with Crippen molar-refractivity contribution in [1.82, 2.24) is 19.6 Å². The number of piperidine rings is 2. The monoisotopic (exact) mass is 452 g/mol. The van der Waals surface area contributed by atoms with Crippen molar-refractivity contribution < 1.29 is 26.4 Å². The molecule has 7 nitrogen and oxygen atoms in total. The summed E-state index contributed by atoms with van der Waals surface area (Å²) in [6, 6.07) is -2.29. The molecule has 4 aliphatic rings. The molecule has 4 rings (SSSR count). The predicted molar refractivity (Wildman–Crippen MR) is 105 cm³/mol. The van der Waals surface area contributed by atoms with Gasteiger partial charge in [0.05, 0.1) is 12.2 Å². The molecular weight excluding hydrogens is 421 g/mol. The van der Waals surface area contributed by atoms with Crippen LogP contribution in [0, 0.1) is 17.8 Å². The van der Waals surface area contributed by atoms with Gasteiger partial charge in [-0.05, 0) is 50.4 Å². The average Bonchev–Trinajstić information content (AvgIpc) is 3.34. The third kappa shape index (κ3) is 4.35. The van der Waals surface area contributed by atoms with Gasteiger partial charge >= 0.3 is 6.18 Å². The van der Waals surface area contributed by atoms with Crippen LogP contribution in [-0.4, -0.2) is 85.8 Å². The molecule has 30 heavy (non-hydrogen) atoms. The maximum Gasteiger partial charge on any atom is 0.406 e. The van der Waals surface area contributed by atoms with Crippen LogP contribution in [-0.2, 0) is 14.8 Å². The van der Waals surface area contributed by atoms with Crippen LogP contribution in [0.5, 0.6) is 0 Å². The number of carbonyl (C=O) groups is 1. The molecule has 0 aromatic heterocycles. The van der Waals surface area contributed by atoms with Gasteiger partial charge in [0, 0.05) is 38.8 Å². The molecule has 4 saturated heterocycles. The van der Waals surface area contributed by atoms with Gasteiger partial charge in [0.1, 0.15) is 6.04 Å². The summed E-state index contributed by atoms with van der Waals surface area (Å²) >= 11 is 0. The molecule has 4 aliphatic heterocycles. The summed E-state index contributed by atoms with van der Waals surface area (Å²) in [7, 11) is -3.21. The number of sulfonamides is 1. The molecule has 0 spiro atoms. The van der Waals surface area contributed by atoms with Crippen LogP contribution in [0.3, 0.4) is 0 Å². The van der Waals surface area contributed by atoms with Gasteiger partial charge in [-0.25, -0.2) is 23.2 Å². The Kier molecular flexibility index (Phi) is 6.10. The fraction of sp³-hybridized carbons (Fsp3) is 0.947. The maximum absolute atomic E-state index is 13.8. The van der Waals surface area contributed by atoms with E-state index < -0.39 is 34.2 Å². The molecule has 4 heterocycles. The van der Waals surface area contributed by atoms with Gasteiger partial charge in [-0.1, -0.05) is 0 Å². The van der Waals surface area contributed by atoms with Crippen LogP contribution >= 0.6 is 0 Å². The number of carbonyl (C=O) groups excluding carboxylic acids is 1. The number of hydrogen-bond acceptors (Lipinski definition) is 5. The van der Waals surface area contributed by atoms with E-state index in [2.05, 4.69) is 5.43 Å². The Labute approximate surface area is 176 Å². The van der Waals surface area contributed by atoms with Gasteiger partial charge in [-0.2, -0.15) is 13.2 Å². The van der Waals surface area contributed by atoms with Crippen molar-refractivity contribution in [2.75, 3.05) is 39.0 Å². The number of likely N-dealkylation sites (tertiary alicyclic amines) is 1. The number of hydrazine groups is 1. The molecule has 1 N–H and O–H groups in total. The number of halogens is 3. The molecule has 4 unspecified atom stereocenters. The van der Waals surface area contributed by atoms with Gasteiger partial charge in [0.25, 0.3) is 0 Å². The van der Waals surface area contributed by atoms with Gasteiger partial charge in [-0.15, -0.1) is 0 Å². The molecular formula is C19H31F3N4O3S. The zero-order chi connectivity index (χ0) is 21.7. The Bertz CT molecular complexity index is 749. The average molecular weight is 453 g/mol. The number of nitrogens with zero attached hydrogens (tertiary/aromatic N) is 3. The van der Waals surface area contributed by atoms with E-state index in [9.17, 15) is 26.4 Å². The van der Waals surface area contributed by atoms with E-state index in [1.54, 1.807) is 9.91 Å². The number of amides is 1. The van der Waals surface area contributed by atoms with Gasteiger partial charge < -0.3 is 4.90 Å². The highest BCUT2D eigenvalue weighted by molar-refractivity contribution is 7.88. The Morgan fingerprint density at radius 1 is 0.967 bits per heavy atom. The highest BCUT2D eigenvalue weighted by atomic mass is 32.2. The van der Waals surface area contributed by atoms with Crippen molar-refractivity contribution in [1.29, 1.82) is 0 Å². The third-order valence-electron chi connectivity index (χ3n) is 7.45. The Morgan fingerprint density at radius 2 is 1.57 bits per heavy atom. The topological polar surface area (TPSA) is 73.0 Å². The summed E-state index contributed by atoms with van der Waals surface area (Å²) in [6.45, 7) is 2.50. The van der Waals surface area contributed by atoms with Crippen molar-refractivity contribution in [2.24, 2.45) is 17.8 Å². The SMILES string of the molecule is CS(=O)(=O)N1CCC(C2CCN3NC(C(F)(F)F)C(C(=O)N4CCCC4)C3C2)CC1. The standard InChI is InChI=1S/C19H31F3N4O3S/c1-30(28,29)25-9-4-13(5-10-25)14-6-11-26-15(12-14)16(17(23-26)19(20,21)22)18(27)24-7-2-3-8-24/h13-17,23H,2-12H2,1H3. The van der Waals surface area contributed by atoms with Crippen molar-refractivity contribution in [3.05, 3.63) is 0 Å². The third-order valence-corrected chi connectivity index (χ3v) is 8.76. The van der Waals surface area contributed by atoms with Crippen LogP contribution in [0.15, 0.2) is 0 Å². The van der Waals surface area contributed by atoms with Crippen LogP contribution in [0.1, 0.15) is 38.5 Å². The molecule has 11 heteroatoms. The van der Waals surface area contributed by atoms with E-state index in [1.165, 1.54) is 10.6 Å². The summed E-state index contributed by atoms with van der Waals surface area (Å²) in [6.07, 6.45) is 1.19. The number of hydrogen-bond donors (Lipinski definition) is 1. The summed E-state index contributed by atoms with van der Waals surface area (Å²) in [4.78, 5) is 14.7. The van der Waals surface area contributed by atoms with E-state index >= 15 is 0 Å². The fourth-order valence-corrected chi connectivity index (χ4v) is 6.72. The summed E-state index contributed by atoms with van der Waals surface area (Å²) < 4.78 is 66.3. The van der Waals surface area contributed by atoms with Crippen LogP contribution < -0.4 is 5.43 Å². The summed E-state index contributed by atoms with van der Waals surface area (Å²) in [5, 5.41) is 1.65. The zero-order valence-electron chi connectivity index (χ0n) is 17.3. The molecule has 172 valence electrons. The Balaban J connectivity index is 1.48. The minimum absolute atomic E-state index is 0.218. The first-order valence-corrected chi connectivity index (χ1v) is 12.7. The first kappa shape index (κ1) is 22.3. The largest absolute Gasteiger partial charge is 0.406 e. The van der Waals surface area contributed by atoms with Gasteiger partial charge in [0.15, 0.2) is 0 Å². The van der Waals surface area contributed by atoms with Crippen molar-refractivity contribution in [2.45, 2.75) is 56.8 Å². The lowest BCUT2D eigenvalue weighted by Crippen LogP contribution is -2.50. The highest BCUT2D eigenvalue weighted by Gasteiger charge is 2.59. The van der Waals surface area contributed by atoms with Gasteiger partial charge in [0.2, 0.25) is 15.9 Å². The second-order valence-corrected chi connectivity index (χ2v) is 11.2. The van der Waals surface area contributed by atoms with Crippen LogP contribution in [0.25, 0.3) is 0 Å². The second-order valence-electron chi connectivity index (χ2n) is 9.25. The number of alkyl halides is 3. The van der Waals surface area contributed by atoms with Crippen molar-refractivity contribution in [3.63, 3.8) is 0 Å². The summed E-state index contributed by atoms with van der Waals surface area (Å²) in [5.74, 6) is -0.974. The minimum atomic E-state index is -4.48. The molecule has 0 radical (unpaired) electrons. The van der Waals surface area contributed by atoms with Crippen LogP contribution in [0.4, 0.5) is 13.2 Å². The molecule has 0 aromatic carbocycles. The van der Waals surface area contributed by atoms with E-state index in [-0.39, 0.29) is 17.7 Å². The lowest BCUT2D eigenvalue weighted by molar-refractivity contribution is -0.172. The lowest BCUT2D eigenvalue weighted by Gasteiger charge is -2.42. The maximum atomic E-state index is 13.8. The first-order valence-electron chi connectivity index (χ1n) is 10.9. The number of rotatable bonds is 3. The number of nitrogens with one attached hydrogen (secondary N) is 1. The molecule has 0 aromatic rings. The second kappa shape index (κ2) is 8.22. The van der Waals surface area contributed by atoms with E-state index in [0.29, 0.717) is 39.1 Å². The quantitative estimate of drug-likeness (QED) is 0.702. The summed E-state index contributed by atoms with van der Waals surface area (Å²) in [5.41, 5.74) is 2.61. The van der Waals surface area contributed by atoms with Crippen LogP contribution in [0.2, 0.25) is 0 Å². The Hall–Kier alpha value is -0.910. The first-order chi connectivity index (χ1) is 14.1. The van der Waals surface area contributed by atoms with E-state index in [0.717, 1.165) is 32.1 Å². The molecule has 0 aliphatic carbocycles. The Morgan fingerprint density at radius 3 is 2.13 bits per heavy atom. The fourth-order valence-electron chi connectivity index (χ4n) is 5.85. The zero-order valence-corrected chi connectivity index (χ0v) is 18.1. The normalized spacial score (nSPS) is 35.0.